The van der Waals surface area contributed by atoms with Gasteiger partial charge >= 0.3 is 5.97 Å². The van der Waals surface area contributed by atoms with Gasteiger partial charge in [-0.05, 0) is 24.5 Å². The molecule has 104 valence electrons. The molecule has 0 amide bonds. The zero-order valence-electron chi connectivity index (χ0n) is 10.8. The van der Waals surface area contributed by atoms with E-state index in [1.165, 1.54) is 17.8 Å². The number of carbonyl (C=O) groups is 1. The SMILES string of the molecule is CSc1cccc(OCc2ccccc2F)c1C(=O)O. The second-order valence-electron chi connectivity index (χ2n) is 4.02. The number of hydrogen-bond acceptors (Lipinski definition) is 3. The lowest BCUT2D eigenvalue weighted by Gasteiger charge is -2.12. The first kappa shape index (κ1) is 14.4. The van der Waals surface area contributed by atoms with Crippen molar-refractivity contribution in [2.45, 2.75) is 11.5 Å². The van der Waals surface area contributed by atoms with E-state index in [0.29, 0.717) is 10.5 Å². The summed E-state index contributed by atoms with van der Waals surface area (Å²) in [6.45, 7) is -0.00914. The predicted octanol–water partition coefficient (Wildman–Crippen LogP) is 3.82. The molecule has 0 radical (unpaired) electrons. The minimum absolute atomic E-state index is 0.00914. The third-order valence-electron chi connectivity index (χ3n) is 2.76. The van der Waals surface area contributed by atoms with E-state index in [-0.39, 0.29) is 23.7 Å². The van der Waals surface area contributed by atoms with Crippen molar-refractivity contribution in [1.82, 2.24) is 0 Å². The topological polar surface area (TPSA) is 46.5 Å². The summed E-state index contributed by atoms with van der Waals surface area (Å²) in [5.41, 5.74) is 0.495. The first-order valence-electron chi connectivity index (χ1n) is 5.90. The van der Waals surface area contributed by atoms with Gasteiger partial charge in [0, 0.05) is 10.5 Å². The summed E-state index contributed by atoms with van der Waals surface area (Å²) in [5.74, 6) is -1.18. The maximum atomic E-state index is 13.5. The molecule has 0 bridgehead atoms. The molecule has 0 aliphatic rings. The zero-order chi connectivity index (χ0) is 14.5. The maximum Gasteiger partial charge on any atom is 0.340 e. The van der Waals surface area contributed by atoms with Crippen molar-refractivity contribution in [3.8, 4) is 5.75 Å². The molecule has 0 aromatic heterocycles. The summed E-state index contributed by atoms with van der Waals surface area (Å²) in [6.07, 6.45) is 1.79. The number of rotatable bonds is 5. The molecule has 0 saturated carbocycles. The minimum Gasteiger partial charge on any atom is -0.488 e. The van der Waals surface area contributed by atoms with Gasteiger partial charge in [-0.15, -0.1) is 11.8 Å². The van der Waals surface area contributed by atoms with Crippen LogP contribution in [0.1, 0.15) is 15.9 Å². The van der Waals surface area contributed by atoms with Gasteiger partial charge in [-0.3, -0.25) is 0 Å². The molecule has 0 saturated heterocycles. The third kappa shape index (κ3) is 3.11. The highest BCUT2D eigenvalue weighted by Crippen LogP contribution is 2.29. The van der Waals surface area contributed by atoms with Crippen LogP contribution in [0.15, 0.2) is 47.4 Å². The molecule has 2 aromatic carbocycles. The van der Waals surface area contributed by atoms with E-state index in [0.717, 1.165) is 0 Å². The molecule has 0 atom stereocenters. The van der Waals surface area contributed by atoms with Crippen molar-refractivity contribution in [1.29, 1.82) is 0 Å². The minimum atomic E-state index is -1.06. The van der Waals surface area contributed by atoms with Crippen LogP contribution < -0.4 is 4.74 Å². The van der Waals surface area contributed by atoms with Crippen LogP contribution in [0.25, 0.3) is 0 Å². The van der Waals surface area contributed by atoms with Crippen LogP contribution in [-0.4, -0.2) is 17.3 Å². The van der Waals surface area contributed by atoms with E-state index in [4.69, 9.17) is 4.74 Å². The van der Waals surface area contributed by atoms with E-state index in [9.17, 15) is 14.3 Å². The number of benzene rings is 2. The van der Waals surface area contributed by atoms with Crippen LogP contribution in [0.2, 0.25) is 0 Å². The Balaban J connectivity index is 2.26. The molecule has 2 aromatic rings. The van der Waals surface area contributed by atoms with E-state index < -0.39 is 5.97 Å². The van der Waals surface area contributed by atoms with Crippen LogP contribution in [0.4, 0.5) is 4.39 Å². The monoisotopic (exact) mass is 292 g/mol. The standard InChI is InChI=1S/C15H13FO3S/c1-20-13-8-4-7-12(14(13)15(17)18)19-9-10-5-2-3-6-11(10)16/h2-8H,9H2,1H3,(H,17,18). The van der Waals surface area contributed by atoms with Gasteiger partial charge in [0.25, 0.3) is 0 Å². The molecule has 0 unspecified atom stereocenters. The average Bonchev–Trinajstić information content (AvgIpc) is 2.45. The Hall–Kier alpha value is -2.01. The van der Waals surface area contributed by atoms with Crippen LogP contribution in [-0.2, 0) is 6.61 Å². The number of hydrogen-bond donors (Lipinski definition) is 1. The molecular weight excluding hydrogens is 279 g/mol. The second-order valence-corrected chi connectivity index (χ2v) is 4.87. The van der Waals surface area contributed by atoms with Crippen molar-refractivity contribution in [3.05, 3.63) is 59.4 Å². The molecule has 2 rings (SSSR count). The molecule has 0 spiro atoms. The van der Waals surface area contributed by atoms with Crippen molar-refractivity contribution in [2.75, 3.05) is 6.26 Å². The average molecular weight is 292 g/mol. The molecule has 0 aliphatic carbocycles. The largest absolute Gasteiger partial charge is 0.488 e. The van der Waals surface area contributed by atoms with Crippen LogP contribution in [0, 0.1) is 5.82 Å². The molecular formula is C15H13FO3S. The number of halogens is 1. The Morgan fingerprint density at radius 1 is 1.25 bits per heavy atom. The quantitative estimate of drug-likeness (QED) is 0.851. The molecule has 0 fully saturated rings. The number of carboxylic acid groups (broad SMARTS) is 1. The van der Waals surface area contributed by atoms with Crippen LogP contribution >= 0.6 is 11.8 Å². The van der Waals surface area contributed by atoms with Gasteiger partial charge in [-0.25, -0.2) is 9.18 Å². The Morgan fingerprint density at radius 3 is 2.65 bits per heavy atom. The normalized spacial score (nSPS) is 10.3. The van der Waals surface area contributed by atoms with Gasteiger partial charge in [0.1, 0.15) is 23.7 Å². The first-order chi connectivity index (χ1) is 9.63. The Kier molecular flexibility index (Phi) is 4.63. The second kappa shape index (κ2) is 6.43. The van der Waals surface area contributed by atoms with E-state index in [1.807, 2.05) is 0 Å². The number of ether oxygens (including phenoxy) is 1. The summed E-state index contributed by atoms with van der Waals surface area (Å²) in [5, 5.41) is 9.26. The van der Waals surface area contributed by atoms with Gasteiger partial charge in [-0.1, -0.05) is 24.3 Å². The van der Waals surface area contributed by atoms with E-state index in [1.54, 1.807) is 42.7 Å². The lowest BCUT2D eigenvalue weighted by atomic mass is 10.2. The summed E-state index contributed by atoms with van der Waals surface area (Å²) in [4.78, 5) is 11.9. The van der Waals surface area contributed by atoms with E-state index in [2.05, 4.69) is 0 Å². The summed E-state index contributed by atoms with van der Waals surface area (Å²) < 4.78 is 19.0. The summed E-state index contributed by atoms with van der Waals surface area (Å²) in [7, 11) is 0. The van der Waals surface area contributed by atoms with Gasteiger partial charge < -0.3 is 9.84 Å². The van der Waals surface area contributed by atoms with Crippen LogP contribution in [0.3, 0.4) is 0 Å². The van der Waals surface area contributed by atoms with Gasteiger partial charge in [-0.2, -0.15) is 0 Å². The zero-order valence-corrected chi connectivity index (χ0v) is 11.6. The fraction of sp³-hybridized carbons (Fsp3) is 0.133. The fourth-order valence-electron chi connectivity index (χ4n) is 1.78. The predicted molar refractivity (Wildman–Crippen MR) is 75.9 cm³/mol. The molecule has 20 heavy (non-hydrogen) atoms. The molecule has 1 N–H and O–H groups in total. The van der Waals surface area contributed by atoms with Crippen molar-refractivity contribution in [2.24, 2.45) is 0 Å². The lowest BCUT2D eigenvalue weighted by Crippen LogP contribution is -2.05. The highest BCUT2D eigenvalue weighted by molar-refractivity contribution is 7.98. The smallest absolute Gasteiger partial charge is 0.340 e. The first-order valence-corrected chi connectivity index (χ1v) is 7.12. The summed E-state index contributed by atoms with van der Waals surface area (Å²) in [6, 6.07) is 11.3. The molecule has 0 aliphatic heterocycles. The van der Waals surface area contributed by atoms with Gasteiger partial charge in [0.2, 0.25) is 0 Å². The fourth-order valence-corrected chi connectivity index (χ4v) is 2.39. The summed E-state index contributed by atoms with van der Waals surface area (Å²) >= 11 is 1.33. The molecule has 0 heterocycles. The van der Waals surface area contributed by atoms with Gasteiger partial charge in [0.15, 0.2) is 0 Å². The highest BCUT2D eigenvalue weighted by atomic mass is 32.2. The maximum absolute atomic E-state index is 13.5. The number of carboxylic acids is 1. The van der Waals surface area contributed by atoms with Crippen molar-refractivity contribution < 1.29 is 19.0 Å². The van der Waals surface area contributed by atoms with Crippen LogP contribution in [0.5, 0.6) is 5.75 Å². The Morgan fingerprint density at radius 2 is 2.00 bits per heavy atom. The van der Waals surface area contributed by atoms with Crippen molar-refractivity contribution in [3.63, 3.8) is 0 Å². The lowest BCUT2D eigenvalue weighted by molar-refractivity contribution is 0.0687. The van der Waals surface area contributed by atoms with Crippen molar-refractivity contribution >= 4 is 17.7 Å². The Labute approximate surface area is 120 Å². The third-order valence-corrected chi connectivity index (χ3v) is 3.54. The molecule has 3 nitrogen and oxygen atoms in total. The Bertz CT molecular complexity index is 628. The number of thioether (sulfide) groups is 1. The molecule has 5 heteroatoms. The van der Waals surface area contributed by atoms with Gasteiger partial charge in [0.05, 0.1) is 0 Å². The number of aromatic carboxylic acids is 1. The highest BCUT2D eigenvalue weighted by Gasteiger charge is 2.16. The van der Waals surface area contributed by atoms with E-state index >= 15 is 0 Å².